The minimum absolute atomic E-state index is 0.489. The maximum atomic E-state index is 5.82. The Hall–Kier alpha value is -1.92. The third-order valence-corrected chi connectivity index (χ3v) is 5.09. The molecule has 1 saturated heterocycles. The number of nitrogens with zero attached hydrogens (tertiary/aromatic N) is 2. The van der Waals surface area contributed by atoms with E-state index < -0.39 is 0 Å². The Morgan fingerprint density at radius 3 is 2.54 bits per heavy atom. The second-order valence-corrected chi connectivity index (χ2v) is 6.93. The summed E-state index contributed by atoms with van der Waals surface area (Å²) in [5.41, 5.74) is 8.62. The van der Waals surface area contributed by atoms with E-state index in [1.807, 2.05) is 30.0 Å². The minimum atomic E-state index is 0.489. The zero-order chi connectivity index (χ0) is 16.9. The number of nitrogens with two attached hydrogens (primary N) is 1. The zero-order valence-electron chi connectivity index (χ0n) is 14.1. The first-order valence-electron chi connectivity index (χ1n) is 7.99. The lowest BCUT2D eigenvalue weighted by molar-refractivity contribution is 0.287. The molecule has 0 amide bonds. The van der Waals surface area contributed by atoms with Crippen LogP contribution in [-0.2, 0) is 6.54 Å². The molecule has 0 unspecified atom stereocenters. The number of thioether (sulfide) groups is 1. The van der Waals surface area contributed by atoms with E-state index in [1.54, 1.807) is 20.3 Å². The number of aromatic nitrogens is 1. The number of rotatable bonds is 5. The Kier molecular flexibility index (Phi) is 5.48. The Morgan fingerprint density at radius 1 is 1.12 bits per heavy atom. The number of ether oxygens (including phenoxy) is 2. The average molecular weight is 345 g/mol. The van der Waals surface area contributed by atoms with Gasteiger partial charge in [-0.1, -0.05) is 6.07 Å². The molecule has 24 heavy (non-hydrogen) atoms. The van der Waals surface area contributed by atoms with Crippen LogP contribution in [0.2, 0.25) is 0 Å². The molecule has 6 heteroatoms. The zero-order valence-corrected chi connectivity index (χ0v) is 14.9. The fraction of sp³-hybridized carbons (Fsp3) is 0.389. The van der Waals surface area contributed by atoms with Crippen molar-refractivity contribution in [3.8, 4) is 22.8 Å². The molecule has 0 atom stereocenters. The van der Waals surface area contributed by atoms with E-state index in [0.717, 1.165) is 48.0 Å². The molecule has 5 nitrogen and oxygen atoms in total. The van der Waals surface area contributed by atoms with Crippen molar-refractivity contribution in [1.82, 2.24) is 9.88 Å². The van der Waals surface area contributed by atoms with Crippen LogP contribution in [0.15, 0.2) is 30.3 Å². The molecule has 0 radical (unpaired) electrons. The molecular weight excluding hydrogens is 322 g/mol. The van der Waals surface area contributed by atoms with Gasteiger partial charge in [0.2, 0.25) is 0 Å². The molecule has 0 bridgehead atoms. The molecule has 2 N–H and O–H groups in total. The van der Waals surface area contributed by atoms with E-state index in [-0.39, 0.29) is 0 Å². The lowest BCUT2D eigenvalue weighted by Crippen LogP contribution is -2.32. The summed E-state index contributed by atoms with van der Waals surface area (Å²) in [5.74, 6) is 4.50. The fourth-order valence-electron chi connectivity index (χ4n) is 2.89. The van der Waals surface area contributed by atoms with Gasteiger partial charge in [-0.25, -0.2) is 4.98 Å². The van der Waals surface area contributed by atoms with Crippen molar-refractivity contribution in [2.24, 2.45) is 0 Å². The summed E-state index contributed by atoms with van der Waals surface area (Å²) in [7, 11) is 3.38. The second kappa shape index (κ2) is 7.77. The smallest absolute Gasteiger partial charge is 0.128 e. The highest BCUT2D eigenvalue weighted by Crippen LogP contribution is 2.36. The van der Waals surface area contributed by atoms with Crippen molar-refractivity contribution < 1.29 is 9.47 Å². The molecule has 1 aromatic heterocycles. The lowest BCUT2D eigenvalue weighted by atomic mass is 10.0. The van der Waals surface area contributed by atoms with Crippen molar-refractivity contribution in [3.63, 3.8) is 0 Å². The maximum absolute atomic E-state index is 5.82. The Labute approximate surface area is 147 Å². The summed E-state index contributed by atoms with van der Waals surface area (Å²) < 4.78 is 11.2. The average Bonchev–Trinajstić information content (AvgIpc) is 2.62. The third kappa shape index (κ3) is 3.76. The molecule has 3 rings (SSSR count). The van der Waals surface area contributed by atoms with Crippen LogP contribution in [0.5, 0.6) is 11.5 Å². The van der Waals surface area contributed by atoms with Gasteiger partial charge in [0.1, 0.15) is 17.3 Å². The number of pyridine rings is 1. The molecule has 1 aliphatic heterocycles. The fourth-order valence-corrected chi connectivity index (χ4v) is 3.87. The normalized spacial score (nSPS) is 15.2. The number of benzene rings is 1. The molecule has 1 aliphatic rings. The summed E-state index contributed by atoms with van der Waals surface area (Å²) in [6.07, 6.45) is 0. The Bertz CT molecular complexity index is 703. The van der Waals surface area contributed by atoms with Gasteiger partial charge in [-0.15, -0.1) is 0 Å². The van der Waals surface area contributed by atoms with Crippen LogP contribution in [0.1, 0.15) is 5.56 Å². The standard InChI is InChI=1S/C18H23N3O2S/c1-22-16-11-14(15-4-3-5-18(19)20-15)17(23-2)10-13(16)12-21-6-8-24-9-7-21/h3-5,10-11H,6-9,12H2,1-2H3,(H2,19,20). The first-order chi connectivity index (χ1) is 11.7. The van der Waals surface area contributed by atoms with Gasteiger partial charge in [-0.05, 0) is 24.3 Å². The van der Waals surface area contributed by atoms with Crippen LogP contribution in [-0.4, -0.2) is 48.7 Å². The van der Waals surface area contributed by atoms with E-state index in [0.29, 0.717) is 5.82 Å². The van der Waals surface area contributed by atoms with Gasteiger partial charge in [0.05, 0.1) is 19.9 Å². The molecule has 128 valence electrons. The molecule has 0 aliphatic carbocycles. The summed E-state index contributed by atoms with van der Waals surface area (Å²) >= 11 is 2.01. The van der Waals surface area contributed by atoms with Gasteiger partial charge in [0.15, 0.2) is 0 Å². The van der Waals surface area contributed by atoms with Gasteiger partial charge in [-0.2, -0.15) is 11.8 Å². The van der Waals surface area contributed by atoms with E-state index in [2.05, 4.69) is 16.0 Å². The highest BCUT2D eigenvalue weighted by molar-refractivity contribution is 7.99. The summed E-state index contributed by atoms with van der Waals surface area (Å²) in [6, 6.07) is 9.64. The summed E-state index contributed by atoms with van der Waals surface area (Å²) in [6.45, 7) is 3.08. The van der Waals surface area contributed by atoms with Crippen LogP contribution in [0.3, 0.4) is 0 Å². The van der Waals surface area contributed by atoms with Crippen molar-refractivity contribution in [3.05, 3.63) is 35.9 Å². The first-order valence-corrected chi connectivity index (χ1v) is 9.14. The van der Waals surface area contributed by atoms with Crippen LogP contribution >= 0.6 is 11.8 Å². The Morgan fingerprint density at radius 2 is 1.88 bits per heavy atom. The number of methoxy groups -OCH3 is 2. The quantitative estimate of drug-likeness (QED) is 0.899. The number of anilines is 1. The highest BCUT2D eigenvalue weighted by atomic mass is 32.2. The SMILES string of the molecule is COc1cc(-c2cccc(N)n2)c(OC)cc1CN1CCSCC1. The minimum Gasteiger partial charge on any atom is -0.496 e. The molecule has 1 fully saturated rings. The van der Waals surface area contributed by atoms with Gasteiger partial charge in [0.25, 0.3) is 0 Å². The van der Waals surface area contributed by atoms with E-state index >= 15 is 0 Å². The molecule has 0 spiro atoms. The summed E-state index contributed by atoms with van der Waals surface area (Å²) in [5, 5.41) is 0. The summed E-state index contributed by atoms with van der Waals surface area (Å²) in [4.78, 5) is 6.85. The van der Waals surface area contributed by atoms with E-state index in [9.17, 15) is 0 Å². The number of hydrogen-bond donors (Lipinski definition) is 1. The molecule has 0 saturated carbocycles. The molecule has 2 aromatic rings. The van der Waals surface area contributed by atoms with Crippen molar-refractivity contribution >= 4 is 17.6 Å². The van der Waals surface area contributed by atoms with Crippen LogP contribution < -0.4 is 15.2 Å². The third-order valence-electron chi connectivity index (χ3n) is 4.15. The molecule has 1 aromatic carbocycles. The molecular formula is C18H23N3O2S. The molecule has 2 heterocycles. The highest BCUT2D eigenvalue weighted by Gasteiger charge is 2.17. The second-order valence-electron chi connectivity index (χ2n) is 5.70. The van der Waals surface area contributed by atoms with Gasteiger partial charge < -0.3 is 15.2 Å². The van der Waals surface area contributed by atoms with Gasteiger partial charge in [0, 0.05) is 42.3 Å². The Balaban J connectivity index is 1.96. The number of nitrogen functional groups attached to an aromatic ring is 1. The first kappa shape index (κ1) is 16.9. The van der Waals surface area contributed by atoms with Crippen molar-refractivity contribution in [1.29, 1.82) is 0 Å². The largest absolute Gasteiger partial charge is 0.496 e. The van der Waals surface area contributed by atoms with Crippen LogP contribution in [0, 0.1) is 0 Å². The van der Waals surface area contributed by atoms with E-state index in [1.165, 1.54) is 11.5 Å². The van der Waals surface area contributed by atoms with Crippen molar-refractivity contribution in [2.45, 2.75) is 6.54 Å². The predicted molar refractivity (Wildman–Crippen MR) is 99.8 cm³/mol. The van der Waals surface area contributed by atoms with Crippen LogP contribution in [0.25, 0.3) is 11.3 Å². The van der Waals surface area contributed by atoms with Gasteiger partial charge in [-0.3, -0.25) is 4.90 Å². The van der Waals surface area contributed by atoms with Gasteiger partial charge >= 0.3 is 0 Å². The predicted octanol–water partition coefficient (Wildman–Crippen LogP) is 2.90. The van der Waals surface area contributed by atoms with Crippen molar-refractivity contribution in [2.75, 3.05) is 44.5 Å². The maximum Gasteiger partial charge on any atom is 0.128 e. The monoisotopic (exact) mass is 345 g/mol. The number of hydrogen-bond acceptors (Lipinski definition) is 6. The lowest BCUT2D eigenvalue weighted by Gasteiger charge is -2.27. The van der Waals surface area contributed by atoms with E-state index in [4.69, 9.17) is 15.2 Å². The topological polar surface area (TPSA) is 60.6 Å². The van der Waals surface area contributed by atoms with Crippen LogP contribution in [0.4, 0.5) is 5.82 Å².